The van der Waals surface area contributed by atoms with Crippen molar-refractivity contribution in [1.29, 1.82) is 0 Å². The van der Waals surface area contributed by atoms with Crippen molar-refractivity contribution in [3.63, 3.8) is 0 Å². The van der Waals surface area contributed by atoms with E-state index in [9.17, 15) is 9.59 Å². The third kappa shape index (κ3) is 17.5. The fourth-order valence-electron chi connectivity index (χ4n) is 3.54. The lowest BCUT2D eigenvalue weighted by molar-refractivity contribution is -0.153. The number of esters is 2. The second kappa shape index (κ2) is 18.9. The molecular formula is C25H48O4. The predicted octanol–water partition coefficient (Wildman–Crippen LogP) is 7.38. The number of ether oxygens (including phenoxy) is 2. The molecule has 0 aromatic rings. The summed E-state index contributed by atoms with van der Waals surface area (Å²) < 4.78 is 11.1. The van der Waals surface area contributed by atoms with Crippen molar-refractivity contribution in [2.24, 2.45) is 5.41 Å². The summed E-state index contributed by atoms with van der Waals surface area (Å²) in [5.41, 5.74) is -0.289. The topological polar surface area (TPSA) is 52.6 Å². The number of rotatable bonds is 20. The SMILES string of the molecule is CCCCCCCCC(=O)OCC(C)(CCC)COC(=O)CCCCCCCC. The monoisotopic (exact) mass is 412 g/mol. The van der Waals surface area contributed by atoms with Gasteiger partial charge in [-0.15, -0.1) is 0 Å². The van der Waals surface area contributed by atoms with Crippen LogP contribution in [0.25, 0.3) is 0 Å². The lowest BCUT2D eigenvalue weighted by Crippen LogP contribution is -2.31. The Bertz CT molecular complexity index is 374. The van der Waals surface area contributed by atoms with Crippen LogP contribution in [0.3, 0.4) is 0 Å². The highest BCUT2D eigenvalue weighted by Gasteiger charge is 2.27. The Morgan fingerprint density at radius 3 is 1.34 bits per heavy atom. The molecule has 0 aliphatic heterocycles. The molecule has 0 fully saturated rings. The van der Waals surface area contributed by atoms with E-state index in [-0.39, 0.29) is 17.4 Å². The van der Waals surface area contributed by atoms with E-state index in [2.05, 4.69) is 20.8 Å². The van der Waals surface area contributed by atoms with Crippen molar-refractivity contribution in [2.75, 3.05) is 13.2 Å². The Labute approximate surface area is 180 Å². The Hall–Kier alpha value is -1.06. The molecule has 0 aliphatic rings. The maximum atomic E-state index is 12.0. The average molecular weight is 413 g/mol. The third-order valence-electron chi connectivity index (χ3n) is 5.49. The average Bonchev–Trinajstić information content (AvgIpc) is 2.70. The van der Waals surface area contributed by atoms with Crippen molar-refractivity contribution in [1.82, 2.24) is 0 Å². The Balaban J connectivity index is 4.02. The van der Waals surface area contributed by atoms with E-state index in [1.54, 1.807) is 0 Å². The first-order chi connectivity index (χ1) is 14.0. The zero-order valence-electron chi connectivity index (χ0n) is 19.9. The molecule has 4 heteroatoms. The molecule has 0 rings (SSSR count). The van der Waals surface area contributed by atoms with Gasteiger partial charge in [-0.05, 0) is 19.3 Å². The molecule has 4 nitrogen and oxygen atoms in total. The molecule has 0 atom stereocenters. The van der Waals surface area contributed by atoms with Crippen molar-refractivity contribution >= 4 is 11.9 Å². The summed E-state index contributed by atoms with van der Waals surface area (Å²) in [6, 6.07) is 0. The molecule has 0 aromatic heterocycles. The molecule has 0 radical (unpaired) electrons. The summed E-state index contributed by atoms with van der Waals surface area (Å²) in [5.74, 6) is -0.248. The van der Waals surface area contributed by atoms with Crippen LogP contribution >= 0.6 is 0 Å². The number of carbonyl (C=O) groups excluding carboxylic acids is 2. The molecule has 0 aliphatic carbocycles. The highest BCUT2D eigenvalue weighted by molar-refractivity contribution is 5.69. The first kappa shape index (κ1) is 27.9. The molecule has 0 saturated heterocycles. The summed E-state index contributed by atoms with van der Waals surface area (Å²) in [5, 5.41) is 0. The van der Waals surface area contributed by atoms with Crippen molar-refractivity contribution in [2.45, 2.75) is 130 Å². The van der Waals surface area contributed by atoms with Crippen LogP contribution in [-0.4, -0.2) is 25.2 Å². The number of carbonyl (C=O) groups is 2. The summed E-state index contributed by atoms with van der Waals surface area (Å²) in [6.45, 7) is 9.23. The maximum Gasteiger partial charge on any atom is 0.305 e. The van der Waals surface area contributed by atoms with E-state index >= 15 is 0 Å². The minimum absolute atomic E-state index is 0.124. The van der Waals surface area contributed by atoms with Gasteiger partial charge in [0.25, 0.3) is 0 Å². The van der Waals surface area contributed by atoms with Gasteiger partial charge in [-0.3, -0.25) is 9.59 Å². The van der Waals surface area contributed by atoms with E-state index in [0.29, 0.717) is 26.1 Å². The second-order valence-corrected chi connectivity index (χ2v) is 8.92. The quantitative estimate of drug-likeness (QED) is 0.155. The van der Waals surface area contributed by atoms with Crippen LogP contribution in [0.4, 0.5) is 0 Å². The molecule has 0 aromatic carbocycles. The summed E-state index contributed by atoms with van der Waals surface area (Å²) in [6.07, 6.45) is 16.8. The maximum absolute atomic E-state index is 12.0. The van der Waals surface area contributed by atoms with Crippen LogP contribution in [0.5, 0.6) is 0 Å². The van der Waals surface area contributed by atoms with Crippen LogP contribution in [-0.2, 0) is 19.1 Å². The number of hydrogen-bond acceptors (Lipinski definition) is 4. The van der Waals surface area contributed by atoms with Crippen LogP contribution in [0, 0.1) is 5.41 Å². The van der Waals surface area contributed by atoms with E-state index in [1.165, 1.54) is 51.4 Å². The van der Waals surface area contributed by atoms with E-state index < -0.39 is 0 Å². The Morgan fingerprint density at radius 2 is 0.966 bits per heavy atom. The van der Waals surface area contributed by atoms with Gasteiger partial charge < -0.3 is 9.47 Å². The van der Waals surface area contributed by atoms with Crippen molar-refractivity contribution < 1.29 is 19.1 Å². The van der Waals surface area contributed by atoms with Crippen molar-refractivity contribution in [3.05, 3.63) is 0 Å². The van der Waals surface area contributed by atoms with Gasteiger partial charge in [0, 0.05) is 18.3 Å². The molecule has 0 heterocycles. The molecule has 0 bridgehead atoms. The molecule has 29 heavy (non-hydrogen) atoms. The number of hydrogen-bond donors (Lipinski definition) is 0. The molecule has 0 saturated carbocycles. The number of unbranched alkanes of at least 4 members (excludes halogenated alkanes) is 10. The largest absolute Gasteiger partial charge is 0.465 e. The molecule has 0 amide bonds. The van der Waals surface area contributed by atoms with Crippen molar-refractivity contribution in [3.8, 4) is 0 Å². The lowest BCUT2D eigenvalue weighted by Gasteiger charge is -2.28. The van der Waals surface area contributed by atoms with E-state index in [4.69, 9.17) is 9.47 Å². The van der Waals surface area contributed by atoms with Crippen LogP contribution in [0.15, 0.2) is 0 Å². The first-order valence-corrected chi connectivity index (χ1v) is 12.3. The zero-order valence-corrected chi connectivity index (χ0v) is 19.9. The lowest BCUT2D eigenvalue weighted by atomic mass is 9.87. The van der Waals surface area contributed by atoms with E-state index in [0.717, 1.165) is 38.5 Å². The highest BCUT2D eigenvalue weighted by atomic mass is 16.5. The van der Waals surface area contributed by atoms with Gasteiger partial charge in [-0.25, -0.2) is 0 Å². The molecule has 172 valence electrons. The normalized spacial score (nSPS) is 11.4. The molecular weight excluding hydrogens is 364 g/mol. The zero-order chi connectivity index (χ0) is 21.8. The fraction of sp³-hybridized carbons (Fsp3) is 0.920. The first-order valence-electron chi connectivity index (χ1n) is 12.3. The predicted molar refractivity (Wildman–Crippen MR) is 121 cm³/mol. The van der Waals surface area contributed by atoms with Gasteiger partial charge in [0.15, 0.2) is 0 Å². The minimum Gasteiger partial charge on any atom is -0.465 e. The second-order valence-electron chi connectivity index (χ2n) is 8.92. The fourth-order valence-corrected chi connectivity index (χ4v) is 3.54. The van der Waals surface area contributed by atoms with Gasteiger partial charge in [0.1, 0.15) is 0 Å². The van der Waals surface area contributed by atoms with Gasteiger partial charge in [0.05, 0.1) is 13.2 Å². The minimum atomic E-state index is -0.289. The smallest absolute Gasteiger partial charge is 0.305 e. The van der Waals surface area contributed by atoms with E-state index in [1.807, 2.05) is 6.92 Å². The van der Waals surface area contributed by atoms with Gasteiger partial charge in [-0.1, -0.05) is 98.3 Å². The summed E-state index contributed by atoms with van der Waals surface area (Å²) in [7, 11) is 0. The van der Waals surface area contributed by atoms with Gasteiger partial charge in [0.2, 0.25) is 0 Å². The standard InChI is InChI=1S/C25H48O4/c1-5-8-10-12-14-16-18-23(26)28-21-25(4,20-7-3)22-29-24(27)19-17-15-13-11-9-6-2/h5-22H2,1-4H3. The van der Waals surface area contributed by atoms with Crippen LogP contribution in [0.2, 0.25) is 0 Å². The molecule has 0 unspecified atom stereocenters. The Morgan fingerprint density at radius 1 is 0.586 bits per heavy atom. The summed E-state index contributed by atoms with van der Waals surface area (Å²) >= 11 is 0. The van der Waals surface area contributed by atoms with Gasteiger partial charge in [-0.2, -0.15) is 0 Å². The summed E-state index contributed by atoms with van der Waals surface area (Å²) in [4.78, 5) is 24.1. The Kier molecular flexibility index (Phi) is 18.2. The molecule has 0 N–H and O–H groups in total. The molecule has 0 spiro atoms. The van der Waals surface area contributed by atoms with Crippen LogP contribution in [0.1, 0.15) is 130 Å². The highest BCUT2D eigenvalue weighted by Crippen LogP contribution is 2.25. The third-order valence-corrected chi connectivity index (χ3v) is 5.49. The van der Waals surface area contributed by atoms with Crippen LogP contribution < -0.4 is 0 Å². The van der Waals surface area contributed by atoms with Gasteiger partial charge >= 0.3 is 11.9 Å².